The quantitative estimate of drug-likeness (QED) is 0.532. The van der Waals surface area contributed by atoms with E-state index in [0.29, 0.717) is 29.6 Å². The van der Waals surface area contributed by atoms with Crippen molar-refractivity contribution in [1.82, 2.24) is 0 Å². The van der Waals surface area contributed by atoms with Crippen LogP contribution in [0.5, 0.6) is 0 Å². The minimum Gasteiger partial charge on any atom is -0.393 e. The van der Waals surface area contributed by atoms with Crippen molar-refractivity contribution >= 4 is 10.1 Å². The molecule has 6 heteroatoms. The van der Waals surface area contributed by atoms with Gasteiger partial charge in [0.1, 0.15) is 0 Å². The van der Waals surface area contributed by atoms with Crippen LogP contribution in [0.2, 0.25) is 0 Å². The van der Waals surface area contributed by atoms with Gasteiger partial charge in [0.25, 0.3) is 10.1 Å². The Labute approximate surface area is 198 Å². The molecule has 33 heavy (non-hydrogen) atoms. The molecular weight excluding hydrogens is 436 g/mol. The van der Waals surface area contributed by atoms with E-state index in [4.69, 9.17) is 0 Å². The number of fused-ring (bicyclic) bond motifs is 5. The first-order chi connectivity index (χ1) is 15.5. The van der Waals surface area contributed by atoms with E-state index in [1.807, 2.05) is 12.1 Å². The summed E-state index contributed by atoms with van der Waals surface area (Å²) in [5.74, 6) is 2.83. The van der Waals surface area contributed by atoms with Gasteiger partial charge in [0.05, 0.1) is 17.1 Å². The fraction of sp³-hybridized carbons (Fsp3) is 0.778. The SMILES string of the molecule is C[C@H](c1ccc(S(=O)(=O)O)cc1)[C@H]1CC[C@H]2[C@@H]3CC[C@@H]4C[C@H](O)CC[C@]4(C)[C@H]3C[C@H](O)[C@]12C. The Kier molecular flexibility index (Phi) is 5.79. The molecular formula is C27H40O5S. The van der Waals surface area contributed by atoms with Crippen molar-refractivity contribution in [2.75, 3.05) is 0 Å². The largest absolute Gasteiger partial charge is 0.393 e. The summed E-state index contributed by atoms with van der Waals surface area (Å²) in [5, 5.41) is 22.0. The van der Waals surface area contributed by atoms with Crippen LogP contribution < -0.4 is 0 Å². The molecule has 0 amide bonds. The summed E-state index contributed by atoms with van der Waals surface area (Å²) in [5.41, 5.74) is 1.17. The first-order valence-electron chi connectivity index (χ1n) is 12.9. The van der Waals surface area contributed by atoms with Gasteiger partial charge >= 0.3 is 0 Å². The van der Waals surface area contributed by atoms with E-state index in [-0.39, 0.29) is 33.9 Å². The van der Waals surface area contributed by atoms with Gasteiger partial charge in [0, 0.05) is 0 Å². The van der Waals surface area contributed by atoms with E-state index in [1.165, 1.54) is 25.0 Å². The lowest BCUT2D eigenvalue weighted by Gasteiger charge is -2.62. The van der Waals surface area contributed by atoms with Crippen molar-refractivity contribution in [3.63, 3.8) is 0 Å². The molecule has 5 rings (SSSR count). The second-order valence-corrected chi connectivity index (χ2v) is 13.6. The van der Waals surface area contributed by atoms with Crippen LogP contribution in [0.25, 0.3) is 0 Å². The van der Waals surface area contributed by atoms with Crippen molar-refractivity contribution in [1.29, 1.82) is 0 Å². The van der Waals surface area contributed by atoms with Crippen LogP contribution in [0.15, 0.2) is 29.2 Å². The van der Waals surface area contributed by atoms with Crippen LogP contribution in [0.4, 0.5) is 0 Å². The molecule has 1 aromatic carbocycles. The zero-order valence-corrected chi connectivity index (χ0v) is 21.0. The maximum Gasteiger partial charge on any atom is 0.294 e. The van der Waals surface area contributed by atoms with Crippen molar-refractivity contribution < 1.29 is 23.2 Å². The molecule has 0 spiro atoms. The van der Waals surface area contributed by atoms with Crippen LogP contribution in [0.1, 0.15) is 83.6 Å². The first kappa shape index (κ1) is 23.8. The molecule has 0 aliphatic heterocycles. The van der Waals surface area contributed by atoms with Crippen molar-refractivity contribution in [2.45, 2.75) is 95.2 Å². The van der Waals surface area contributed by atoms with Gasteiger partial charge in [-0.2, -0.15) is 8.42 Å². The summed E-state index contributed by atoms with van der Waals surface area (Å²) in [7, 11) is -4.19. The molecule has 4 aliphatic rings. The lowest BCUT2D eigenvalue weighted by Crippen LogP contribution is -2.58. The molecule has 0 radical (unpaired) electrons. The fourth-order valence-corrected chi connectivity index (χ4v) is 9.71. The minimum absolute atomic E-state index is 0.0721. The van der Waals surface area contributed by atoms with E-state index < -0.39 is 10.1 Å². The Bertz CT molecular complexity index is 990. The van der Waals surface area contributed by atoms with Crippen LogP contribution in [-0.4, -0.2) is 35.4 Å². The second-order valence-electron chi connectivity index (χ2n) is 12.2. The Morgan fingerprint density at radius 1 is 0.939 bits per heavy atom. The zero-order chi connectivity index (χ0) is 23.8. The van der Waals surface area contributed by atoms with Crippen LogP contribution in [-0.2, 0) is 10.1 Å². The standard InChI is InChI=1S/C27H40O5S/c1-16(17-4-7-20(8-5-17)33(30,31)32)22-10-11-23-21-9-6-18-14-19(28)12-13-26(18,2)24(21)15-25(29)27(22,23)3/h4-5,7-8,16,18-19,21-25,28-29H,6,9-15H2,1-3H3,(H,30,31,32)/t16-,18-,19-,21+,22-,23+,24+,25+,26+,27-/m1/s1. The van der Waals surface area contributed by atoms with Crippen LogP contribution >= 0.6 is 0 Å². The average Bonchev–Trinajstić information content (AvgIpc) is 3.13. The van der Waals surface area contributed by atoms with E-state index >= 15 is 0 Å². The van der Waals surface area contributed by atoms with E-state index in [2.05, 4.69) is 20.8 Å². The van der Waals surface area contributed by atoms with Gasteiger partial charge in [-0.05, 0) is 115 Å². The predicted octanol–water partition coefficient (Wildman–Crippen LogP) is 5.03. The van der Waals surface area contributed by atoms with Gasteiger partial charge in [0.2, 0.25) is 0 Å². The summed E-state index contributed by atoms with van der Waals surface area (Å²) in [4.78, 5) is -0.0721. The third-order valence-electron chi connectivity index (χ3n) is 11.1. The lowest BCUT2D eigenvalue weighted by molar-refractivity contribution is -0.172. The normalized spacial score (nSPS) is 46.2. The van der Waals surface area contributed by atoms with Gasteiger partial charge in [-0.1, -0.05) is 32.9 Å². The van der Waals surface area contributed by atoms with Crippen molar-refractivity contribution in [3.05, 3.63) is 29.8 Å². The summed E-state index contributed by atoms with van der Waals surface area (Å²) in [6, 6.07) is 6.62. The summed E-state index contributed by atoms with van der Waals surface area (Å²) in [6.45, 7) is 6.97. The topological polar surface area (TPSA) is 94.8 Å². The van der Waals surface area contributed by atoms with Crippen LogP contribution in [0.3, 0.4) is 0 Å². The third-order valence-corrected chi connectivity index (χ3v) is 12.0. The maximum absolute atomic E-state index is 11.7. The van der Waals surface area contributed by atoms with Gasteiger partial charge in [-0.3, -0.25) is 4.55 Å². The molecule has 5 nitrogen and oxygen atoms in total. The Hall–Kier alpha value is -0.950. The van der Waals surface area contributed by atoms with Crippen LogP contribution in [0, 0.1) is 40.4 Å². The van der Waals surface area contributed by atoms with E-state index in [9.17, 15) is 23.2 Å². The molecule has 4 fully saturated rings. The number of aliphatic hydroxyl groups is 2. The Balaban J connectivity index is 1.41. The van der Waals surface area contributed by atoms with Gasteiger partial charge in [-0.15, -0.1) is 0 Å². The van der Waals surface area contributed by atoms with E-state index in [1.54, 1.807) is 0 Å². The molecule has 3 N–H and O–H groups in total. The minimum atomic E-state index is -4.19. The number of rotatable bonds is 3. The average molecular weight is 477 g/mol. The van der Waals surface area contributed by atoms with Crippen molar-refractivity contribution in [3.8, 4) is 0 Å². The Morgan fingerprint density at radius 3 is 2.30 bits per heavy atom. The molecule has 10 atom stereocenters. The molecule has 0 aromatic heterocycles. The number of hydrogen-bond acceptors (Lipinski definition) is 4. The molecule has 0 saturated heterocycles. The number of benzene rings is 1. The summed E-state index contributed by atoms with van der Waals surface area (Å²) in [6.07, 6.45) is 7.94. The molecule has 184 valence electrons. The highest BCUT2D eigenvalue weighted by atomic mass is 32.2. The summed E-state index contributed by atoms with van der Waals surface area (Å²) >= 11 is 0. The monoisotopic (exact) mass is 476 g/mol. The number of hydrogen-bond donors (Lipinski definition) is 3. The number of aliphatic hydroxyl groups excluding tert-OH is 2. The molecule has 4 aliphatic carbocycles. The van der Waals surface area contributed by atoms with Gasteiger partial charge in [0.15, 0.2) is 0 Å². The molecule has 4 saturated carbocycles. The first-order valence-corrected chi connectivity index (χ1v) is 14.3. The predicted molar refractivity (Wildman–Crippen MR) is 127 cm³/mol. The highest BCUT2D eigenvalue weighted by molar-refractivity contribution is 7.85. The Morgan fingerprint density at radius 2 is 1.64 bits per heavy atom. The van der Waals surface area contributed by atoms with E-state index in [0.717, 1.165) is 44.1 Å². The smallest absolute Gasteiger partial charge is 0.294 e. The van der Waals surface area contributed by atoms with Gasteiger partial charge < -0.3 is 10.2 Å². The highest BCUT2D eigenvalue weighted by Crippen LogP contribution is 2.68. The molecule has 1 aromatic rings. The summed E-state index contributed by atoms with van der Waals surface area (Å²) < 4.78 is 32.2. The second kappa shape index (κ2) is 8.04. The lowest BCUT2D eigenvalue weighted by atomic mass is 9.43. The third kappa shape index (κ3) is 3.62. The van der Waals surface area contributed by atoms with Crippen molar-refractivity contribution in [2.24, 2.45) is 40.4 Å². The zero-order valence-electron chi connectivity index (χ0n) is 20.2. The maximum atomic E-state index is 11.7. The molecule has 0 unspecified atom stereocenters. The van der Waals surface area contributed by atoms with Gasteiger partial charge in [-0.25, -0.2) is 0 Å². The highest BCUT2D eigenvalue weighted by Gasteiger charge is 2.63. The molecule has 0 bridgehead atoms. The molecule has 0 heterocycles. The fourth-order valence-electron chi connectivity index (χ4n) is 9.23.